The second-order valence-electron chi connectivity index (χ2n) is 9.92. The summed E-state index contributed by atoms with van der Waals surface area (Å²) in [4.78, 5) is 23.2. The minimum atomic E-state index is -1.67. The lowest BCUT2D eigenvalue weighted by molar-refractivity contribution is -0.150. The standard InChI is InChI=1S/C25H34ClN6O5P/c1-15-11-20(35-23(15)32-14-29-21-12-28-25(27)30-22(21)32)13-34-38(37-19-9-7-17(26)8-10-19)31-16(2)24(33)36-18-5-3-4-6-18/h7-10,12,15-16,18,20,23,29,31H,3-6,11,13-14H2,1-2H3,(H2,27,28,30). The fourth-order valence-corrected chi connectivity index (χ4v) is 6.25. The molecule has 0 bridgehead atoms. The normalized spacial score (nSPS) is 24.6. The Morgan fingerprint density at radius 3 is 2.87 bits per heavy atom. The highest BCUT2D eigenvalue weighted by Crippen LogP contribution is 2.40. The summed E-state index contributed by atoms with van der Waals surface area (Å²) in [6, 6.07) is 6.42. The summed E-state index contributed by atoms with van der Waals surface area (Å²) < 4.78 is 24.3. The molecule has 2 aromatic rings. The number of rotatable bonds is 10. The van der Waals surface area contributed by atoms with Crippen LogP contribution in [0.25, 0.3) is 0 Å². The van der Waals surface area contributed by atoms with Crippen molar-refractivity contribution in [2.75, 3.05) is 29.2 Å². The summed E-state index contributed by atoms with van der Waals surface area (Å²) in [6.45, 7) is 4.75. The van der Waals surface area contributed by atoms with Gasteiger partial charge in [-0.05, 0) is 63.3 Å². The molecule has 1 aromatic carbocycles. The number of halogens is 1. The van der Waals surface area contributed by atoms with Gasteiger partial charge in [-0.15, -0.1) is 0 Å². The number of anilines is 3. The lowest BCUT2D eigenvalue weighted by atomic mass is 10.1. The molecule has 1 saturated carbocycles. The van der Waals surface area contributed by atoms with Gasteiger partial charge in [-0.2, -0.15) is 4.98 Å². The van der Waals surface area contributed by atoms with Gasteiger partial charge in [-0.25, -0.2) is 10.1 Å². The average Bonchev–Trinajstić information content (AvgIpc) is 3.64. The molecule has 5 rings (SSSR count). The molecule has 5 unspecified atom stereocenters. The van der Waals surface area contributed by atoms with Crippen molar-refractivity contribution in [3.63, 3.8) is 0 Å². The Labute approximate surface area is 228 Å². The molecule has 0 amide bonds. The fraction of sp³-hybridized carbons (Fsp3) is 0.560. The zero-order chi connectivity index (χ0) is 26.6. The number of nitrogens with one attached hydrogen (secondary N) is 2. The lowest BCUT2D eigenvalue weighted by Crippen LogP contribution is -2.39. The van der Waals surface area contributed by atoms with Gasteiger partial charge in [0, 0.05) is 10.9 Å². The molecule has 1 aromatic heterocycles. The topological polar surface area (TPSA) is 133 Å². The summed E-state index contributed by atoms with van der Waals surface area (Å²) in [7, 11) is -1.67. The molecule has 206 valence electrons. The van der Waals surface area contributed by atoms with Crippen molar-refractivity contribution in [1.29, 1.82) is 0 Å². The van der Waals surface area contributed by atoms with Crippen LogP contribution in [0.2, 0.25) is 5.02 Å². The van der Waals surface area contributed by atoms with Gasteiger partial charge < -0.3 is 34.5 Å². The number of hydrogen-bond acceptors (Lipinski definition) is 11. The van der Waals surface area contributed by atoms with E-state index in [1.165, 1.54) is 0 Å². The van der Waals surface area contributed by atoms with Crippen LogP contribution in [0, 0.1) is 5.92 Å². The van der Waals surface area contributed by atoms with E-state index in [0.717, 1.165) is 43.6 Å². The van der Waals surface area contributed by atoms with Crippen molar-refractivity contribution in [3.8, 4) is 5.75 Å². The van der Waals surface area contributed by atoms with E-state index >= 15 is 0 Å². The molecule has 13 heteroatoms. The molecule has 0 radical (unpaired) electrons. The number of esters is 1. The first kappa shape index (κ1) is 27.1. The highest BCUT2D eigenvalue weighted by molar-refractivity contribution is 7.45. The van der Waals surface area contributed by atoms with E-state index < -0.39 is 14.6 Å². The first-order valence-electron chi connectivity index (χ1n) is 13.0. The van der Waals surface area contributed by atoms with Crippen LogP contribution in [0.15, 0.2) is 30.5 Å². The van der Waals surface area contributed by atoms with E-state index in [9.17, 15) is 4.79 Å². The maximum Gasteiger partial charge on any atom is 0.323 e. The first-order valence-corrected chi connectivity index (χ1v) is 14.5. The molecule has 3 heterocycles. The lowest BCUT2D eigenvalue weighted by Gasteiger charge is -2.28. The molecule has 4 N–H and O–H groups in total. The Hall–Kier alpha value is -2.43. The van der Waals surface area contributed by atoms with Crippen LogP contribution < -0.4 is 25.6 Å². The van der Waals surface area contributed by atoms with Crippen molar-refractivity contribution >= 4 is 43.6 Å². The van der Waals surface area contributed by atoms with Gasteiger partial charge >= 0.3 is 14.5 Å². The third kappa shape index (κ3) is 6.58. The van der Waals surface area contributed by atoms with E-state index in [1.54, 1.807) is 37.4 Å². The number of carbonyl (C=O) groups excluding carboxylic acids is 1. The Morgan fingerprint density at radius 2 is 2.11 bits per heavy atom. The average molecular weight is 565 g/mol. The van der Waals surface area contributed by atoms with E-state index in [1.807, 2.05) is 0 Å². The van der Waals surface area contributed by atoms with Crippen molar-refractivity contribution in [3.05, 3.63) is 35.5 Å². The Bertz CT molecular complexity index is 1110. The van der Waals surface area contributed by atoms with Crippen molar-refractivity contribution in [2.45, 2.75) is 70.4 Å². The zero-order valence-electron chi connectivity index (χ0n) is 21.5. The predicted molar refractivity (Wildman–Crippen MR) is 146 cm³/mol. The number of fused-ring (bicyclic) bond motifs is 1. The Kier molecular flexibility index (Phi) is 8.70. The first-order chi connectivity index (χ1) is 18.4. The smallest absolute Gasteiger partial charge is 0.323 e. The molecule has 11 nitrogen and oxygen atoms in total. The van der Waals surface area contributed by atoms with Crippen LogP contribution in [0.5, 0.6) is 5.75 Å². The molecule has 0 spiro atoms. The molecule has 2 fully saturated rings. The third-order valence-electron chi connectivity index (χ3n) is 6.88. The molecule has 5 atom stereocenters. The predicted octanol–water partition coefficient (Wildman–Crippen LogP) is 4.44. The summed E-state index contributed by atoms with van der Waals surface area (Å²) in [6.07, 6.45) is 6.13. The summed E-state index contributed by atoms with van der Waals surface area (Å²) >= 11 is 6.03. The van der Waals surface area contributed by atoms with Crippen LogP contribution in [0.1, 0.15) is 46.0 Å². The zero-order valence-corrected chi connectivity index (χ0v) is 23.2. The second-order valence-corrected chi connectivity index (χ2v) is 11.6. The van der Waals surface area contributed by atoms with Crippen molar-refractivity contribution in [1.82, 2.24) is 15.1 Å². The fourth-order valence-electron chi connectivity index (χ4n) is 4.91. The van der Waals surface area contributed by atoms with E-state index in [0.29, 0.717) is 17.4 Å². The minimum absolute atomic E-state index is 0.00721. The summed E-state index contributed by atoms with van der Waals surface area (Å²) in [5, 5.41) is 7.07. The van der Waals surface area contributed by atoms with E-state index in [4.69, 9.17) is 35.9 Å². The number of ether oxygens (including phenoxy) is 2. The van der Waals surface area contributed by atoms with Gasteiger partial charge in [0.1, 0.15) is 24.1 Å². The number of aromatic nitrogens is 2. The third-order valence-corrected chi connectivity index (χ3v) is 8.49. The van der Waals surface area contributed by atoms with E-state index in [-0.39, 0.29) is 42.9 Å². The van der Waals surface area contributed by atoms with Crippen LogP contribution in [-0.4, -0.2) is 53.7 Å². The number of nitrogens with two attached hydrogens (primary N) is 1. The number of hydrogen-bond donors (Lipinski definition) is 3. The number of nitrogens with zero attached hydrogens (tertiary/aromatic N) is 3. The molecule has 1 saturated heterocycles. The van der Waals surface area contributed by atoms with Crippen LogP contribution in [0.3, 0.4) is 0 Å². The van der Waals surface area contributed by atoms with Gasteiger partial charge in [-0.1, -0.05) is 18.5 Å². The van der Waals surface area contributed by atoms with Crippen LogP contribution in [-0.2, 0) is 18.8 Å². The Morgan fingerprint density at radius 1 is 1.34 bits per heavy atom. The molecule has 3 aliphatic rings. The molecule has 1 aliphatic carbocycles. The summed E-state index contributed by atoms with van der Waals surface area (Å²) in [5.41, 5.74) is 6.65. The number of benzene rings is 1. The van der Waals surface area contributed by atoms with E-state index in [2.05, 4.69) is 32.2 Å². The van der Waals surface area contributed by atoms with Crippen molar-refractivity contribution < 1.29 is 23.3 Å². The number of nitrogen functional groups attached to an aromatic ring is 1. The molecule has 38 heavy (non-hydrogen) atoms. The van der Waals surface area contributed by atoms with Gasteiger partial charge in [-0.3, -0.25) is 4.79 Å². The van der Waals surface area contributed by atoms with Crippen LogP contribution >= 0.6 is 20.1 Å². The molecular formula is C25H34ClN6O5P. The largest absolute Gasteiger partial charge is 0.461 e. The number of carbonyl (C=O) groups is 1. The maximum absolute atomic E-state index is 12.7. The summed E-state index contributed by atoms with van der Waals surface area (Å²) in [5.74, 6) is 1.46. The van der Waals surface area contributed by atoms with Crippen molar-refractivity contribution in [2.24, 2.45) is 5.92 Å². The highest BCUT2D eigenvalue weighted by atomic mass is 35.5. The van der Waals surface area contributed by atoms with Gasteiger partial charge in [0.05, 0.1) is 31.3 Å². The van der Waals surface area contributed by atoms with Gasteiger partial charge in [0.2, 0.25) is 5.95 Å². The second kappa shape index (κ2) is 12.2. The highest BCUT2D eigenvalue weighted by Gasteiger charge is 2.40. The van der Waals surface area contributed by atoms with Gasteiger partial charge in [0.25, 0.3) is 0 Å². The van der Waals surface area contributed by atoms with Crippen LogP contribution in [0.4, 0.5) is 17.5 Å². The Balaban J connectivity index is 1.20. The SMILES string of the molecule is CC(NP(OCC1CC(C)C(N2CNc3cnc(N)nc32)O1)Oc1ccc(Cl)cc1)C(=O)OC1CCCC1. The quantitative estimate of drug-likeness (QED) is 0.279. The molecular weight excluding hydrogens is 531 g/mol. The molecule has 2 aliphatic heterocycles. The maximum atomic E-state index is 12.7. The monoisotopic (exact) mass is 564 g/mol. The minimum Gasteiger partial charge on any atom is -0.461 e. The van der Waals surface area contributed by atoms with Gasteiger partial charge in [0.15, 0.2) is 5.82 Å².